The van der Waals surface area contributed by atoms with Crippen LogP contribution in [0.25, 0.3) is 0 Å². The largest absolute Gasteiger partial charge is 0.416 e. The van der Waals surface area contributed by atoms with Crippen LogP contribution in [0.5, 0.6) is 0 Å². The van der Waals surface area contributed by atoms with E-state index in [0.717, 1.165) is 30.0 Å². The average molecular weight is 369 g/mol. The fourth-order valence-corrected chi connectivity index (χ4v) is 3.67. The molecule has 3 aliphatic rings. The summed E-state index contributed by atoms with van der Waals surface area (Å²) >= 11 is 0. The highest BCUT2D eigenvalue weighted by molar-refractivity contribution is 5.89. The molecule has 1 saturated heterocycles. The lowest BCUT2D eigenvalue weighted by atomic mass is 9.87. The van der Waals surface area contributed by atoms with Gasteiger partial charge < -0.3 is 4.74 Å². The number of amides is 1. The second-order valence-corrected chi connectivity index (χ2v) is 7.09. The van der Waals surface area contributed by atoms with Crippen LogP contribution in [-0.4, -0.2) is 29.0 Å². The van der Waals surface area contributed by atoms with Gasteiger partial charge in [0.25, 0.3) is 5.91 Å². The number of carbonyl (C=O) groups is 2. The Balaban J connectivity index is 1.57. The molecule has 4 rings (SSSR count). The maximum absolute atomic E-state index is 13.1. The molecular formula is C18H18F3NO4. The standard InChI is InChI=1S/C18H18F3NO4/c19-18(20,21)14-2-1-11-9-26-22(8-12(11)7-14)16(24)17(13-3-4-13)6-5-15(23)10-25-17/h1-2,7,13H,3-6,8-10H2/t17-/m0/s1. The molecular weight excluding hydrogens is 351 g/mol. The Morgan fingerprint density at radius 2 is 1.96 bits per heavy atom. The average Bonchev–Trinajstić information content (AvgIpc) is 3.46. The van der Waals surface area contributed by atoms with E-state index >= 15 is 0 Å². The van der Waals surface area contributed by atoms with Crippen molar-refractivity contribution >= 4 is 11.7 Å². The number of halogens is 3. The van der Waals surface area contributed by atoms with Crippen LogP contribution in [0.2, 0.25) is 0 Å². The molecule has 1 aromatic carbocycles. The van der Waals surface area contributed by atoms with Crippen molar-refractivity contribution in [3.63, 3.8) is 0 Å². The Morgan fingerprint density at radius 3 is 2.58 bits per heavy atom. The molecule has 1 aromatic rings. The summed E-state index contributed by atoms with van der Waals surface area (Å²) in [6, 6.07) is 3.46. The quantitative estimate of drug-likeness (QED) is 0.804. The van der Waals surface area contributed by atoms with Crippen molar-refractivity contribution in [1.29, 1.82) is 0 Å². The first-order chi connectivity index (χ1) is 12.3. The van der Waals surface area contributed by atoms with Crippen molar-refractivity contribution in [2.45, 2.75) is 50.6 Å². The predicted octanol–water partition coefficient (Wildman–Crippen LogP) is 3.01. The van der Waals surface area contributed by atoms with Crippen LogP contribution in [0.4, 0.5) is 13.2 Å². The van der Waals surface area contributed by atoms with Gasteiger partial charge in [0, 0.05) is 6.42 Å². The molecule has 0 radical (unpaired) electrons. The van der Waals surface area contributed by atoms with Crippen molar-refractivity contribution in [2.75, 3.05) is 6.61 Å². The number of hydrogen-bond donors (Lipinski definition) is 0. The zero-order valence-corrected chi connectivity index (χ0v) is 14.0. The fraction of sp³-hybridized carbons (Fsp3) is 0.556. The van der Waals surface area contributed by atoms with Crippen LogP contribution in [0.3, 0.4) is 0 Å². The molecule has 5 nitrogen and oxygen atoms in total. The zero-order chi connectivity index (χ0) is 18.5. The van der Waals surface area contributed by atoms with Crippen molar-refractivity contribution in [2.24, 2.45) is 5.92 Å². The topological polar surface area (TPSA) is 55.8 Å². The molecule has 2 aliphatic heterocycles. The van der Waals surface area contributed by atoms with Gasteiger partial charge in [0.05, 0.1) is 12.1 Å². The van der Waals surface area contributed by atoms with Gasteiger partial charge in [-0.15, -0.1) is 0 Å². The van der Waals surface area contributed by atoms with E-state index in [2.05, 4.69) is 0 Å². The fourth-order valence-electron chi connectivity index (χ4n) is 3.67. The Kier molecular flexibility index (Phi) is 4.07. The Hall–Kier alpha value is -1.93. The number of benzene rings is 1. The lowest BCUT2D eigenvalue weighted by Crippen LogP contribution is -2.55. The normalized spacial score (nSPS) is 26.6. The number of hydroxylamine groups is 2. The van der Waals surface area contributed by atoms with Crippen LogP contribution in [0.1, 0.15) is 42.4 Å². The molecule has 2 heterocycles. The van der Waals surface area contributed by atoms with Gasteiger partial charge in [-0.1, -0.05) is 6.07 Å². The molecule has 1 aliphatic carbocycles. The van der Waals surface area contributed by atoms with E-state index in [1.807, 2.05) is 0 Å². The summed E-state index contributed by atoms with van der Waals surface area (Å²) in [6.07, 6.45) is -2.20. The number of ether oxygens (including phenoxy) is 1. The van der Waals surface area contributed by atoms with Gasteiger partial charge in [-0.3, -0.25) is 14.4 Å². The lowest BCUT2D eigenvalue weighted by molar-refractivity contribution is -0.227. The zero-order valence-electron chi connectivity index (χ0n) is 14.0. The second-order valence-electron chi connectivity index (χ2n) is 7.09. The number of hydrogen-bond acceptors (Lipinski definition) is 4. The summed E-state index contributed by atoms with van der Waals surface area (Å²) in [5, 5.41) is 1.11. The Morgan fingerprint density at radius 1 is 1.19 bits per heavy atom. The Bertz CT molecular complexity index is 747. The van der Waals surface area contributed by atoms with Gasteiger partial charge in [0.2, 0.25) is 0 Å². The molecule has 1 amide bonds. The highest BCUT2D eigenvalue weighted by Gasteiger charge is 2.55. The number of carbonyl (C=O) groups excluding carboxylic acids is 2. The van der Waals surface area contributed by atoms with E-state index < -0.39 is 23.2 Å². The highest BCUT2D eigenvalue weighted by Crippen LogP contribution is 2.47. The SMILES string of the molecule is O=C1CC[C@@](C(=O)N2Cc3cc(C(F)(F)F)ccc3CO2)(C2CC2)OC1. The van der Waals surface area contributed by atoms with E-state index in [0.29, 0.717) is 17.5 Å². The molecule has 0 N–H and O–H groups in total. The van der Waals surface area contributed by atoms with Crippen LogP contribution in [0.15, 0.2) is 18.2 Å². The van der Waals surface area contributed by atoms with E-state index in [4.69, 9.17) is 9.57 Å². The maximum Gasteiger partial charge on any atom is 0.416 e. The minimum absolute atomic E-state index is 0.0267. The Labute approximate surface area is 148 Å². The highest BCUT2D eigenvalue weighted by atomic mass is 19.4. The third kappa shape index (κ3) is 3.01. The summed E-state index contributed by atoms with van der Waals surface area (Å²) in [4.78, 5) is 30.1. The monoisotopic (exact) mass is 369 g/mol. The molecule has 0 aromatic heterocycles. The lowest BCUT2D eigenvalue weighted by Gasteiger charge is -2.40. The van der Waals surface area contributed by atoms with Crippen molar-refractivity contribution in [3.05, 3.63) is 34.9 Å². The summed E-state index contributed by atoms with van der Waals surface area (Å²) in [5.41, 5.74) is -0.797. The second kappa shape index (κ2) is 6.06. The summed E-state index contributed by atoms with van der Waals surface area (Å²) in [7, 11) is 0. The first-order valence-corrected chi connectivity index (χ1v) is 8.59. The van der Waals surface area contributed by atoms with Gasteiger partial charge in [-0.2, -0.15) is 13.2 Å². The van der Waals surface area contributed by atoms with Crippen molar-refractivity contribution in [3.8, 4) is 0 Å². The number of alkyl halides is 3. The minimum atomic E-state index is -4.44. The minimum Gasteiger partial charge on any atom is -0.357 e. The predicted molar refractivity (Wildman–Crippen MR) is 82.4 cm³/mol. The number of ketones is 1. The van der Waals surface area contributed by atoms with Gasteiger partial charge in [-0.05, 0) is 48.4 Å². The van der Waals surface area contributed by atoms with Gasteiger partial charge in [0.15, 0.2) is 11.4 Å². The summed E-state index contributed by atoms with van der Waals surface area (Å²) in [6.45, 7) is -0.145. The van der Waals surface area contributed by atoms with Gasteiger partial charge >= 0.3 is 6.18 Å². The number of rotatable bonds is 2. The van der Waals surface area contributed by atoms with Crippen molar-refractivity contribution in [1.82, 2.24) is 5.06 Å². The number of Topliss-reactive ketones (excluding diaryl/α,β-unsaturated/α-hetero) is 1. The van der Waals surface area contributed by atoms with Gasteiger partial charge in [0.1, 0.15) is 13.2 Å². The molecule has 1 atom stereocenters. The van der Waals surface area contributed by atoms with E-state index in [9.17, 15) is 22.8 Å². The molecule has 1 saturated carbocycles. The first-order valence-electron chi connectivity index (χ1n) is 8.59. The molecule has 0 bridgehead atoms. The molecule has 2 fully saturated rings. The summed E-state index contributed by atoms with van der Waals surface area (Å²) < 4.78 is 44.5. The van der Waals surface area contributed by atoms with E-state index in [-0.39, 0.29) is 37.9 Å². The molecule has 8 heteroatoms. The maximum atomic E-state index is 13.1. The van der Waals surface area contributed by atoms with Crippen LogP contribution < -0.4 is 0 Å². The van der Waals surface area contributed by atoms with Crippen LogP contribution in [-0.2, 0) is 38.5 Å². The molecule has 0 spiro atoms. The number of nitrogens with zero attached hydrogens (tertiary/aromatic N) is 1. The first kappa shape index (κ1) is 17.5. The van der Waals surface area contributed by atoms with E-state index in [1.165, 1.54) is 6.07 Å². The molecule has 26 heavy (non-hydrogen) atoms. The van der Waals surface area contributed by atoms with Crippen molar-refractivity contribution < 1.29 is 32.3 Å². The molecule has 0 unspecified atom stereocenters. The van der Waals surface area contributed by atoms with Crippen LogP contribution >= 0.6 is 0 Å². The van der Waals surface area contributed by atoms with Gasteiger partial charge in [-0.25, -0.2) is 5.06 Å². The smallest absolute Gasteiger partial charge is 0.357 e. The molecule has 140 valence electrons. The van der Waals surface area contributed by atoms with E-state index in [1.54, 1.807) is 0 Å². The number of fused-ring (bicyclic) bond motifs is 1. The third-order valence-electron chi connectivity index (χ3n) is 5.31. The third-order valence-corrected chi connectivity index (χ3v) is 5.31. The summed E-state index contributed by atoms with van der Waals surface area (Å²) in [5.74, 6) is -0.404. The van der Waals surface area contributed by atoms with Crippen LogP contribution in [0, 0.1) is 5.92 Å².